The molecule has 1 N–H and O–H groups in total. The molecule has 0 unspecified atom stereocenters. The Morgan fingerprint density at radius 2 is 1.85 bits per heavy atom. The molecule has 2 aromatic rings. The van der Waals surface area contributed by atoms with Gasteiger partial charge in [0.25, 0.3) is 11.8 Å². The molecule has 6 heteroatoms. The van der Waals surface area contributed by atoms with Crippen molar-refractivity contribution in [1.82, 2.24) is 4.90 Å². The number of nitrogens with one attached hydrogen (secondary N) is 1. The molecule has 0 saturated carbocycles. The van der Waals surface area contributed by atoms with E-state index in [0.29, 0.717) is 41.6 Å². The zero-order chi connectivity index (χ0) is 18.7. The van der Waals surface area contributed by atoms with Crippen LogP contribution in [-0.2, 0) is 4.74 Å². The second-order valence-corrected chi connectivity index (χ2v) is 7.30. The van der Waals surface area contributed by atoms with Crippen LogP contribution in [0.2, 0.25) is 5.02 Å². The summed E-state index contributed by atoms with van der Waals surface area (Å²) >= 11 is 5.91. The van der Waals surface area contributed by atoms with Crippen LogP contribution in [0.3, 0.4) is 0 Å². The average Bonchev–Trinajstić information content (AvgIpc) is 2.61. The van der Waals surface area contributed by atoms with Crippen molar-refractivity contribution >= 4 is 29.1 Å². The molecule has 1 heterocycles. The fourth-order valence-corrected chi connectivity index (χ4v) is 3.11. The fraction of sp³-hybridized carbons (Fsp3) is 0.300. The van der Waals surface area contributed by atoms with Gasteiger partial charge in [-0.25, -0.2) is 0 Å². The second-order valence-electron chi connectivity index (χ2n) is 6.86. The van der Waals surface area contributed by atoms with Gasteiger partial charge in [0.2, 0.25) is 0 Å². The number of hydrogen-bond donors (Lipinski definition) is 1. The first-order valence-electron chi connectivity index (χ1n) is 8.43. The van der Waals surface area contributed by atoms with Crippen LogP contribution < -0.4 is 5.32 Å². The van der Waals surface area contributed by atoms with Gasteiger partial charge in [-0.2, -0.15) is 0 Å². The van der Waals surface area contributed by atoms with E-state index in [0.717, 1.165) is 0 Å². The molecule has 0 radical (unpaired) electrons. The minimum atomic E-state index is -0.338. The smallest absolute Gasteiger partial charge is 0.255 e. The van der Waals surface area contributed by atoms with Crippen LogP contribution in [-0.4, -0.2) is 42.0 Å². The number of morpholine rings is 1. The molecule has 1 aliphatic rings. The minimum absolute atomic E-state index is 0.0361. The summed E-state index contributed by atoms with van der Waals surface area (Å²) in [5.74, 6) is -0.285. The molecular formula is C20H21ClN2O3. The maximum Gasteiger partial charge on any atom is 0.255 e. The first-order valence-corrected chi connectivity index (χ1v) is 8.81. The predicted molar refractivity (Wildman–Crippen MR) is 102 cm³/mol. The zero-order valence-corrected chi connectivity index (χ0v) is 15.5. The average molecular weight is 373 g/mol. The van der Waals surface area contributed by atoms with E-state index in [4.69, 9.17) is 16.3 Å². The van der Waals surface area contributed by atoms with Gasteiger partial charge in [-0.3, -0.25) is 9.59 Å². The summed E-state index contributed by atoms with van der Waals surface area (Å²) in [5.41, 5.74) is 1.34. The highest BCUT2D eigenvalue weighted by Crippen LogP contribution is 2.22. The number of anilines is 1. The Kier molecular flexibility index (Phi) is 5.30. The number of benzene rings is 2. The zero-order valence-electron chi connectivity index (χ0n) is 14.8. The molecule has 0 aromatic heterocycles. The molecule has 5 nitrogen and oxygen atoms in total. The largest absolute Gasteiger partial charge is 0.377 e. The Labute approximate surface area is 157 Å². The van der Waals surface area contributed by atoms with Gasteiger partial charge in [-0.1, -0.05) is 17.7 Å². The van der Waals surface area contributed by atoms with Crippen LogP contribution in [0.15, 0.2) is 48.5 Å². The van der Waals surface area contributed by atoms with Gasteiger partial charge in [0.15, 0.2) is 0 Å². The monoisotopic (exact) mass is 372 g/mol. The van der Waals surface area contributed by atoms with E-state index in [1.165, 1.54) is 0 Å². The molecule has 0 aliphatic carbocycles. The topological polar surface area (TPSA) is 58.6 Å². The number of ether oxygens (including phenoxy) is 1. The summed E-state index contributed by atoms with van der Waals surface area (Å²) in [6, 6.07) is 13.6. The molecular weight excluding hydrogens is 352 g/mol. The predicted octanol–water partition coefficient (Wildman–Crippen LogP) is 3.84. The highest BCUT2D eigenvalue weighted by Gasteiger charge is 2.34. The van der Waals surface area contributed by atoms with Crippen molar-refractivity contribution in [3.63, 3.8) is 0 Å². The maximum atomic E-state index is 12.8. The third-order valence-corrected chi connectivity index (χ3v) is 4.60. The van der Waals surface area contributed by atoms with Gasteiger partial charge in [0.1, 0.15) is 0 Å². The maximum absolute atomic E-state index is 12.8. The Hall–Kier alpha value is -2.37. The van der Waals surface area contributed by atoms with Crippen molar-refractivity contribution in [3.05, 3.63) is 64.7 Å². The number of amides is 2. The molecule has 1 saturated heterocycles. The van der Waals surface area contributed by atoms with Crippen LogP contribution in [0.1, 0.15) is 34.6 Å². The van der Waals surface area contributed by atoms with Gasteiger partial charge < -0.3 is 15.0 Å². The SMILES string of the molecule is CC1(C)COCCN1C(=O)c1ccc(NC(=O)c2cccc(Cl)c2)cc1. The van der Waals surface area contributed by atoms with Crippen molar-refractivity contribution < 1.29 is 14.3 Å². The Balaban J connectivity index is 1.70. The minimum Gasteiger partial charge on any atom is -0.377 e. The van der Waals surface area contributed by atoms with Crippen LogP contribution in [0.5, 0.6) is 0 Å². The third-order valence-electron chi connectivity index (χ3n) is 4.37. The number of nitrogens with zero attached hydrogens (tertiary/aromatic N) is 1. The number of carbonyl (C=O) groups excluding carboxylic acids is 2. The quantitative estimate of drug-likeness (QED) is 0.890. The number of hydrogen-bond acceptors (Lipinski definition) is 3. The van der Waals surface area contributed by atoms with Gasteiger partial charge in [-0.05, 0) is 56.3 Å². The van der Waals surface area contributed by atoms with E-state index in [1.54, 1.807) is 48.5 Å². The molecule has 1 aliphatic heterocycles. The van der Waals surface area contributed by atoms with Crippen LogP contribution in [0.25, 0.3) is 0 Å². The molecule has 2 aromatic carbocycles. The summed E-state index contributed by atoms with van der Waals surface area (Å²) in [6.45, 7) is 5.61. The molecule has 3 rings (SSSR count). The molecule has 0 spiro atoms. The lowest BCUT2D eigenvalue weighted by molar-refractivity contribution is -0.0370. The van der Waals surface area contributed by atoms with E-state index >= 15 is 0 Å². The second kappa shape index (κ2) is 7.48. The number of halogens is 1. The van der Waals surface area contributed by atoms with E-state index < -0.39 is 0 Å². The molecule has 136 valence electrons. The Morgan fingerprint density at radius 1 is 1.12 bits per heavy atom. The molecule has 1 fully saturated rings. The third kappa shape index (κ3) is 4.06. The van der Waals surface area contributed by atoms with Gasteiger partial charge in [0, 0.05) is 28.4 Å². The van der Waals surface area contributed by atoms with E-state index in [-0.39, 0.29) is 17.4 Å². The summed E-state index contributed by atoms with van der Waals surface area (Å²) in [6.07, 6.45) is 0. The lowest BCUT2D eigenvalue weighted by Crippen LogP contribution is -2.55. The van der Waals surface area contributed by atoms with Crippen molar-refractivity contribution in [3.8, 4) is 0 Å². The number of rotatable bonds is 3. The first kappa shape index (κ1) is 18.4. The molecule has 0 atom stereocenters. The normalized spacial score (nSPS) is 16.2. The van der Waals surface area contributed by atoms with E-state index in [2.05, 4.69) is 5.32 Å². The summed E-state index contributed by atoms with van der Waals surface area (Å²) in [4.78, 5) is 26.9. The van der Waals surface area contributed by atoms with Gasteiger partial charge >= 0.3 is 0 Å². The summed E-state index contributed by atoms with van der Waals surface area (Å²) in [5, 5.41) is 3.31. The molecule has 0 bridgehead atoms. The van der Waals surface area contributed by atoms with E-state index in [9.17, 15) is 9.59 Å². The van der Waals surface area contributed by atoms with Crippen molar-refractivity contribution in [2.24, 2.45) is 0 Å². The standard InChI is InChI=1S/C20H21ClN2O3/c1-20(2)13-26-11-10-23(20)19(25)14-6-8-17(9-7-14)22-18(24)15-4-3-5-16(21)12-15/h3-9,12H,10-11,13H2,1-2H3,(H,22,24). The Bertz CT molecular complexity index is 818. The van der Waals surface area contributed by atoms with Gasteiger partial charge in [0.05, 0.1) is 18.8 Å². The highest BCUT2D eigenvalue weighted by atomic mass is 35.5. The lowest BCUT2D eigenvalue weighted by Gasteiger charge is -2.42. The van der Waals surface area contributed by atoms with Crippen LogP contribution >= 0.6 is 11.6 Å². The highest BCUT2D eigenvalue weighted by molar-refractivity contribution is 6.31. The fourth-order valence-electron chi connectivity index (χ4n) is 2.92. The summed E-state index contributed by atoms with van der Waals surface area (Å²) in [7, 11) is 0. The van der Waals surface area contributed by atoms with Crippen molar-refractivity contribution in [1.29, 1.82) is 0 Å². The first-order chi connectivity index (χ1) is 12.4. The van der Waals surface area contributed by atoms with Crippen molar-refractivity contribution in [2.75, 3.05) is 25.1 Å². The lowest BCUT2D eigenvalue weighted by atomic mass is 10.0. The van der Waals surface area contributed by atoms with Crippen LogP contribution in [0.4, 0.5) is 5.69 Å². The van der Waals surface area contributed by atoms with Crippen molar-refractivity contribution in [2.45, 2.75) is 19.4 Å². The molecule has 2 amide bonds. The number of carbonyl (C=O) groups is 2. The van der Waals surface area contributed by atoms with Crippen LogP contribution in [0, 0.1) is 0 Å². The summed E-state index contributed by atoms with van der Waals surface area (Å²) < 4.78 is 5.46. The van der Waals surface area contributed by atoms with Gasteiger partial charge in [-0.15, -0.1) is 0 Å². The molecule has 26 heavy (non-hydrogen) atoms. The Morgan fingerprint density at radius 3 is 2.50 bits per heavy atom. The van der Waals surface area contributed by atoms with E-state index in [1.807, 2.05) is 18.7 Å².